The van der Waals surface area contributed by atoms with E-state index in [-0.39, 0.29) is 31.1 Å². The van der Waals surface area contributed by atoms with Gasteiger partial charge in [0.15, 0.2) is 0 Å². The summed E-state index contributed by atoms with van der Waals surface area (Å²) < 4.78 is 44.8. The largest absolute Gasteiger partial charge is 0.460 e. The number of halogens is 2. The van der Waals surface area contributed by atoms with Crippen LogP contribution < -0.4 is 25.8 Å². The van der Waals surface area contributed by atoms with Crippen molar-refractivity contribution in [2.45, 2.75) is 78.2 Å². The second-order valence-corrected chi connectivity index (χ2v) is 16.0. The molecule has 2 aliphatic heterocycles. The molecule has 3 aromatic carbocycles. The summed E-state index contributed by atoms with van der Waals surface area (Å²) in [5, 5.41) is 8.62. The molecule has 2 amide bonds. The Morgan fingerprint density at radius 3 is 2.00 bits per heavy atom. The predicted molar refractivity (Wildman–Crippen MR) is 216 cm³/mol. The molecule has 5 rings (SSSR count). The first-order valence-corrected chi connectivity index (χ1v) is 19.0. The smallest absolute Gasteiger partial charge is 0.410 e. The quantitative estimate of drug-likeness (QED) is 0.132. The van der Waals surface area contributed by atoms with E-state index in [1.807, 2.05) is 87.7 Å². The minimum atomic E-state index is -0.563. The van der Waals surface area contributed by atoms with Gasteiger partial charge in [-0.2, -0.15) is 0 Å². The van der Waals surface area contributed by atoms with E-state index in [1.54, 1.807) is 37.2 Å². The van der Waals surface area contributed by atoms with Gasteiger partial charge in [-0.3, -0.25) is 4.79 Å². The molecule has 3 N–H and O–H groups in total. The maximum absolute atomic E-state index is 14.8. The van der Waals surface area contributed by atoms with E-state index in [4.69, 9.17) is 14.2 Å². The van der Waals surface area contributed by atoms with Crippen molar-refractivity contribution in [1.29, 1.82) is 0 Å². The van der Waals surface area contributed by atoms with Crippen molar-refractivity contribution in [3.63, 3.8) is 0 Å². The van der Waals surface area contributed by atoms with Gasteiger partial charge in [0.2, 0.25) is 0 Å². The lowest BCUT2D eigenvalue weighted by Crippen LogP contribution is -2.42. The molecule has 2 fully saturated rings. The van der Waals surface area contributed by atoms with E-state index in [2.05, 4.69) is 16.0 Å². The zero-order valence-electron chi connectivity index (χ0n) is 33.9. The van der Waals surface area contributed by atoms with E-state index < -0.39 is 29.1 Å². The summed E-state index contributed by atoms with van der Waals surface area (Å²) in [4.78, 5) is 41.5. The van der Waals surface area contributed by atoms with E-state index >= 15 is 0 Å². The number of anilines is 4. The number of hydrogen-bond acceptors (Lipinski definition) is 10. The molecule has 2 saturated heterocycles. The van der Waals surface area contributed by atoms with Crippen molar-refractivity contribution in [1.82, 2.24) is 10.2 Å². The number of benzene rings is 3. The molecular weight excluding hydrogens is 722 g/mol. The first-order chi connectivity index (χ1) is 26.4. The van der Waals surface area contributed by atoms with Crippen LogP contribution in [0.25, 0.3) is 0 Å². The molecule has 12 nitrogen and oxygen atoms in total. The normalized spacial score (nSPS) is 16.7. The fourth-order valence-electron chi connectivity index (χ4n) is 6.28. The molecular formula is C42H58F2N6O6. The second kappa shape index (κ2) is 19.5. The highest BCUT2D eigenvalue weighted by atomic mass is 19.1. The lowest BCUT2D eigenvalue weighted by molar-refractivity contribution is -0.142. The molecule has 2 atom stereocenters. The molecule has 56 heavy (non-hydrogen) atoms. The molecule has 2 heterocycles. The van der Waals surface area contributed by atoms with Gasteiger partial charge >= 0.3 is 18.2 Å². The van der Waals surface area contributed by atoms with Crippen LogP contribution in [0.3, 0.4) is 0 Å². The standard InChI is InChI=1S/C25H32FN3O4.C17H26FN3O2/c1-25(2,3)33-24(31)28(4)20-12-13-29(16-20)22-11-10-19(14-21(22)26)27-15-23(30)32-17-18-8-6-5-7-9-18;1-17(2,3)23-16(22)20-10-12-7-8-21(11-12)15-6-5-13(19-4)9-14(15)18/h5-11,14,20,27H,12-13,15-17H2,1-4H3;5-6,9,12,19H,7-8,10-11H2,1-4H3,(H,20,22)/t20-;12-/m11/s1. The molecule has 0 radical (unpaired) electrons. The van der Waals surface area contributed by atoms with Crippen molar-refractivity contribution >= 4 is 40.9 Å². The van der Waals surface area contributed by atoms with Crippen LogP contribution in [0.15, 0.2) is 66.7 Å². The Labute approximate surface area is 329 Å². The first kappa shape index (κ1) is 43.5. The van der Waals surface area contributed by atoms with Gasteiger partial charge in [-0.1, -0.05) is 30.3 Å². The molecule has 0 unspecified atom stereocenters. The second-order valence-electron chi connectivity index (χ2n) is 16.0. The topological polar surface area (TPSA) is 125 Å². The number of alkyl carbamates (subject to hydrolysis) is 1. The van der Waals surface area contributed by atoms with Gasteiger partial charge in [0.25, 0.3) is 0 Å². The monoisotopic (exact) mass is 780 g/mol. The van der Waals surface area contributed by atoms with Crippen LogP contribution in [0.2, 0.25) is 0 Å². The Morgan fingerprint density at radius 1 is 0.804 bits per heavy atom. The fourth-order valence-corrected chi connectivity index (χ4v) is 6.28. The molecule has 0 bridgehead atoms. The summed E-state index contributed by atoms with van der Waals surface area (Å²) in [5.41, 5.74) is 2.18. The first-order valence-electron chi connectivity index (χ1n) is 19.0. The fraction of sp³-hybridized carbons (Fsp3) is 0.500. The number of ether oxygens (including phenoxy) is 3. The third-order valence-corrected chi connectivity index (χ3v) is 9.16. The van der Waals surface area contributed by atoms with Crippen molar-refractivity contribution in [3.8, 4) is 0 Å². The highest BCUT2D eigenvalue weighted by Gasteiger charge is 2.32. The van der Waals surface area contributed by atoms with Crippen molar-refractivity contribution in [2.75, 3.05) is 73.8 Å². The molecule has 0 aromatic heterocycles. The summed E-state index contributed by atoms with van der Waals surface area (Å²) in [5.74, 6) is -0.738. The lowest BCUT2D eigenvalue weighted by Gasteiger charge is -2.29. The van der Waals surface area contributed by atoms with E-state index in [0.29, 0.717) is 42.6 Å². The van der Waals surface area contributed by atoms with Crippen LogP contribution in [-0.2, 0) is 25.6 Å². The number of carbonyl (C=O) groups is 3. The number of amides is 2. The number of likely N-dealkylation sites (N-methyl/N-ethyl adjacent to an activating group) is 1. The van der Waals surface area contributed by atoms with Crippen LogP contribution >= 0.6 is 0 Å². The Balaban J connectivity index is 0.000000265. The van der Waals surface area contributed by atoms with Crippen LogP contribution in [-0.4, -0.2) is 93.7 Å². The van der Waals surface area contributed by atoms with Gasteiger partial charge in [0, 0.05) is 58.2 Å². The molecule has 306 valence electrons. The van der Waals surface area contributed by atoms with Crippen LogP contribution in [0, 0.1) is 17.6 Å². The maximum atomic E-state index is 14.8. The molecule has 0 saturated carbocycles. The van der Waals surface area contributed by atoms with E-state index in [9.17, 15) is 23.2 Å². The average Bonchev–Trinajstić information content (AvgIpc) is 3.82. The van der Waals surface area contributed by atoms with E-state index in [0.717, 1.165) is 37.2 Å². The van der Waals surface area contributed by atoms with Gasteiger partial charge in [-0.05, 0) is 102 Å². The summed E-state index contributed by atoms with van der Waals surface area (Å²) in [6.07, 6.45) is 0.861. The number of esters is 1. The van der Waals surface area contributed by atoms with Gasteiger partial charge in [-0.25, -0.2) is 18.4 Å². The van der Waals surface area contributed by atoms with Crippen LogP contribution in [0.4, 0.5) is 41.1 Å². The van der Waals surface area contributed by atoms with Gasteiger partial charge in [-0.15, -0.1) is 0 Å². The third-order valence-electron chi connectivity index (χ3n) is 9.16. The SMILES string of the molecule is CN(C(=O)OC(C)(C)C)[C@@H]1CCN(c2ccc(NCC(=O)OCc3ccccc3)cc2F)C1.CNc1ccc(N2CC[C@H](CNC(=O)OC(C)(C)C)C2)c(F)c1. The number of nitrogens with zero attached hydrogens (tertiary/aromatic N) is 3. The zero-order chi connectivity index (χ0) is 41.0. The highest BCUT2D eigenvalue weighted by Crippen LogP contribution is 2.29. The number of nitrogens with one attached hydrogen (secondary N) is 3. The molecule has 2 aliphatic rings. The summed E-state index contributed by atoms with van der Waals surface area (Å²) in [6, 6.07) is 19.3. The maximum Gasteiger partial charge on any atom is 0.410 e. The Kier molecular flexibility index (Phi) is 15.2. The minimum Gasteiger partial charge on any atom is -0.460 e. The minimum absolute atomic E-state index is 0.0574. The molecule has 14 heteroatoms. The summed E-state index contributed by atoms with van der Waals surface area (Å²) >= 11 is 0. The van der Waals surface area contributed by atoms with Gasteiger partial charge in [0.1, 0.15) is 36.0 Å². The summed E-state index contributed by atoms with van der Waals surface area (Å²) in [6.45, 7) is 14.3. The van der Waals surface area contributed by atoms with Crippen LogP contribution in [0.1, 0.15) is 59.9 Å². The van der Waals surface area contributed by atoms with Gasteiger partial charge in [0.05, 0.1) is 17.4 Å². The zero-order valence-corrected chi connectivity index (χ0v) is 33.9. The summed E-state index contributed by atoms with van der Waals surface area (Å²) in [7, 11) is 3.48. The molecule has 0 spiro atoms. The Morgan fingerprint density at radius 2 is 1.39 bits per heavy atom. The predicted octanol–water partition coefficient (Wildman–Crippen LogP) is 7.65. The Hall–Kier alpha value is -5.27. The molecule has 3 aromatic rings. The van der Waals surface area contributed by atoms with Crippen molar-refractivity contribution in [3.05, 3.63) is 83.9 Å². The average molecular weight is 781 g/mol. The van der Waals surface area contributed by atoms with Gasteiger partial charge < -0.3 is 44.9 Å². The Bertz CT molecular complexity index is 1770. The number of carbonyl (C=O) groups excluding carboxylic acids is 3. The highest BCUT2D eigenvalue weighted by molar-refractivity contribution is 5.75. The number of hydrogen-bond donors (Lipinski definition) is 3. The third kappa shape index (κ3) is 13.8. The van der Waals surface area contributed by atoms with E-state index in [1.165, 1.54) is 12.1 Å². The van der Waals surface area contributed by atoms with Crippen LogP contribution in [0.5, 0.6) is 0 Å². The molecule has 0 aliphatic carbocycles. The number of rotatable bonds is 11. The lowest BCUT2D eigenvalue weighted by atomic mass is 10.1. The van der Waals surface area contributed by atoms with Crippen molar-refractivity contribution < 1.29 is 37.4 Å². The van der Waals surface area contributed by atoms with Crippen molar-refractivity contribution in [2.24, 2.45) is 5.92 Å².